The zero-order chi connectivity index (χ0) is 20.8. The minimum Gasteiger partial charge on any atom is -0.453 e. The van der Waals surface area contributed by atoms with Crippen LogP contribution in [0.2, 0.25) is 0 Å². The van der Waals surface area contributed by atoms with Crippen molar-refractivity contribution in [1.29, 1.82) is 0 Å². The van der Waals surface area contributed by atoms with Crippen molar-refractivity contribution in [3.8, 4) is 11.4 Å². The highest BCUT2D eigenvalue weighted by molar-refractivity contribution is 5.83. The first-order valence-corrected chi connectivity index (χ1v) is 9.58. The van der Waals surface area contributed by atoms with Gasteiger partial charge in [0, 0.05) is 19.2 Å². The van der Waals surface area contributed by atoms with Gasteiger partial charge in [0.1, 0.15) is 11.5 Å². The number of rotatable bonds is 4. The second kappa shape index (κ2) is 6.90. The number of aromatic nitrogens is 7. The average molecular weight is 404 g/mol. The van der Waals surface area contributed by atoms with Crippen molar-refractivity contribution in [2.75, 3.05) is 12.4 Å². The molecule has 30 heavy (non-hydrogen) atoms. The molecule has 1 aliphatic carbocycles. The second-order valence-corrected chi connectivity index (χ2v) is 7.36. The van der Waals surface area contributed by atoms with E-state index in [1.807, 2.05) is 36.9 Å². The Labute approximate surface area is 171 Å². The Morgan fingerprint density at radius 1 is 1.17 bits per heavy atom. The van der Waals surface area contributed by atoms with E-state index in [-0.39, 0.29) is 0 Å². The Hall–Kier alpha value is -3.82. The summed E-state index contributed by atoms with van der Waals surface area (Å²) < 4.78 is 8.18. The molecule has 1 saturated carbocycles. The van der Waals surface area contributed by atoms with Gasteiger partial charge in [-0.1, -0.05) is 6.07 Å². The van der Waals surface area contributed by atoms with Crippen molar-refractivity contribution >= 4 is 17.6 Å². The molecule has 1 fully saturated rings. The molecule has 2 atom stereocenters. The van der Waals surface area contributed by atoms with Crippen LogP contribution in [0.1, 0.15) is 35.3 Å². The van der Waals surface area contributed by atoms with Crippen LogP contribution in [-0.4, -0.2) is 47.8 Å². The Kier molecular flexibility index (Phi) is 4.19. The normalized spacial score (nSPS) is 17.8. The molecule has 1 amide bonds. The lowest BCUT2D eigenvalue weighted by molar-refractivity contribution is 0.187. The number of fused-ring (bicyclic) bond motifs is 1. The third-order valence-electron chi connectivity index (χ3n) is 5.38. The van der Waals surface area contributed by atoms with Gasteiger partial charge in [-0.3, -0.25) is 10.00 Å². The third kappa shape index (κ3) is 3.15. The predicted molar refractivity (Wildman–Crippen MR) is 108 cm³/mol. The number of anilines is 1. The first-order valence-electron chi connectivity index (χ1n) is 9.58. The largest absolute Gasteiger partial charge is 0.453 e. The summed E-state index contributed by atoms with van der Waals surface area (Å²) in [4.78, 5) is 15.6. The summed E-state index contributed by atoms with van der Waals surface area (Å²) >= 11 is 0. The summed E-state index contributed by atoms with van der Waals surface area (Å²) in [5, 5.41) is 20.1. The molecule has 10 heteroatoms. The van der Waals surface area contributed by atoms with Gasteiger partial charge in [-0.05, 0) is 49.1 Å². The second-order valence-electron chi connectivity index (χ2n) is 7.36. The van der Waals surface area contributed by atoms with Gasteiger partial charge in [-0.15, -0.1) is 10.2 Å². The van der Waals surface area contributed by atoms with E-state index in [0.29, 0.717) is 17.7 Å². The Morgan fingerprint density at radius 3 is 2.80 bits per heavy atom. The Morgan fingerprint density at radius 2 is 2.03 bits per heavy atom. The number of carbonyl (C=O) groups is 1. The number of aryl methyl sites for hydroxylation is 2. The molecule has 0 aliphatic heterocycles. The lowest BCUT2D eigenvalue weighted by Gasteiger charge is -2.04. The highest BCUT2D eigenvalue weighted by Crippen LogP contribution is 2.54. The number of nitrogens with zero attached hydrogens (tertiary/aromatic N) is 7. The van der Waals surface area contributed by atoms with Crippen LogP contribution < -0.4 is 5.32 Å². The molecule has 0 bridgehead atoms. The number of methoxy groups -OCH3 is 1. The van der Waals surface area contributed by atoms with Crippen LogP contribution in [0.3, 0.4) is 0 Å². The molecule has 4 aromatic heterocycles. The molecule has 152 valence electrons. The quantitative estimate of drug-likeness (QED) is 0.556. The summed E-state index contributed by atoms with van der Waals surface area (Å²) in [6.07, 6.45) is 2.28. The molecular formula is C20H20N8O2. The van der Waals surface area contributed by atoms with E-state index in [1.54, 1.807) is 16.8 Å². The molecule has 10 nitrogen and oxygen atoms in total. The lowest BCUT2D eigenvalue weighted by Crippen LogP contribution is -2.11. The number of amides is 1. The van der Waals surface area contributed by atoms with Gasteiger partial charge in [0.15, 0.2) is 11.5 Å². The molecule has 0 radical (unpaired) electrons. The van der Waals surface area contributed by atoms with Gasteiger partial charge < -0.3 is 4.74 Å². The van der Waals surface area contributed by atoms with Crippen molar-refractivity contribution in [3.05, 3.63) is 53.6 Å². The molecule has 0 saturated heterocycles. The van der Waals surface area contributed by atoms with Gasteiger partial charge >= 0.3 is 6.09 Å². The van der Waals surface area contributed by atoms with E-state index in [0.717, 1.165) is 40.5 Å². The maximum absolute atomic E-state index is 11.3. The number of nitrogens with one attached hydrogen (secondary N) is 1. The zero-order valence-corrected chi connectivity index (χ0v) is 16.8. The maximum atomic E-state index is 11.3. The van der Waals surface area contributed by atoms with Crippen LogP contribution in [0.4, 0.5) is 10.6 Å². The highest BCUT2D eigenvalue weighted by Gasteiger charge is 2.41. The van der Waals surface area contributed by atoms with E-state index in [2.05, 4.69) is 36.4 Å². The fourth-order valence-electron chi connectivity index (χ4n) is 3.69. The summed E-state index contributed by atoms with van der Waals surface area (Å²) in [7, 11) is 3.25. The van der Waals surface area contributed by atoms with Gasteiger partial charge in [-0.2, -0.15) is 14.7 Å². The molecule has 5 rings (SSSR count). The van der Waals surface area contributed by atoms with Crippen LogP contribution in [0.15, 0.2) is 36.5 Å². The molecular weight excluding hydrogens is 384 g/mol. The van der Waals surface area contributed by atoms with E-state index >= 15 is 0 Å². The smallest absolute Gasteiger partial charge is 0.412 e. The standard InChI is InChI=1S/C20H20N8O2/c1-11-23-24-19-7-5-15(26-28(11)19)17-9-16(25-27(17)2)14-8-13(14)12-4-6-18(21-10-12)22-20(29)30-3/h4-7,9-10,13-14H,8H2,1-3H3,(H,21,22,29). The average Bonchev–Trinajstić information content (AvgIpc) is 3.34. The van der Waals surface area contributed by atoms with Crippen molar-refractivity contribution in [3.63, 3.8) is 0 Å². The van der Waals surface area contributed by atoms with E-state index in [9.17, 15) is 4.79 Å². The first kappa shape index (κ1) is 18.2. The molecule has 2 unspecified atom stereocenters. The molecule has 1 N–H and O–H groups in total. The molecule has 1 aliphatic rings. The first-order chi connectivity index (χ1) is 14.5. The fourth-order valence-corrected chi connectivity index (χ4v) is 3.69. The van der Waals surface area contributed by atoms with Gasteiger partial charge in [-0.25, -0.2) is 9.78 Å². The van der Waals surface area contributed by atoms with Gasteiger partial charge in [0.25, 0.3) is 0 Å². The third-order valence-corrected chi connectivity index (χ3v) is 5.38. The summed E-state index contributed by atoms with van der Waals surface area (Å²) in [5.41, 5.74) is 4.66. The van der Waals surface area contributed by atoms with E-state index in [1.165, 1.54) is 7.11 Å². The lowest BCUT2D eigenvalue weighted by atomic mass is 10.1. The van der Waals surface area contributed by atoms with Crippen LogP contribution in [0.25, 0.3) is 17.0 Å². The number of hydrogen-bond acceptors (Lipinski definition) is 7. The minimum atomic E-state index is -0.533. The summed E-state index contributed by atoms with van der Waals surface area (Å²) in [6.45, 7) is 1.88. The van der Waals surface area contributed by atoms with Crippen molar-refractivity contribution in [2.24, 2.45) is 7.05 Å². The maximum Gasteiger partial charge on any atom is 0.412 e. The Bertz CT molecular complexity index is 1240. The van der Waals surface area contributed by atoms with Gasteiger partial charge in [0.05, 0.1) is 18.5 Å². The molecule has 4 heterocycles. The topological polar surface area (TPSA) is 112 Å². The predicted octanol–water partition coefficient (Wildman–Crippen LogP) is 2.68. The number of hydrogen-bond donors (Lipinski definition) is 1. The highest BCUT2D eigenvalue weighted by atomic mass is 16.5. The van der Waals surface area contributed by atoms with Crippen LogP contribution in [0, 0.1) is 6.92 Å². The summed E-state index contributed by atoms with van der Waals surface area (Å²) in [5.74, 6) is 1.91. The minimum absolute atomic E-state index is 0.339. The van der Waals surface area contributed by atoms with E-state index < -0.39 is 6.09 Å². The van der Waals surface area contributed by atoms with Crippen LogP contribution >= 0.6 is 0 Å². The monoisotopic (exact) mass is 404 g/mol. The van der Waals surface area contributed by atoms with Crippen LogP contribution in [-0.2, 0) is 11.8 Å². The van der Waals surface area contributed by atoms with Crippen molar-refractivity contribution < 1.29 is 9.53 Å². The number of ether oxygens (including phenoxy) is 1. The number of pyridine rings is 1. The molecule has 4 aromatic rings. The van der Waals surface area contributed by atoms with E-state index in [4.69, 9.17) is 5.10 Å². The number of carbonyl (C=O) groups excluding carboxylic acids is 1. The summed E-state index contributed by atoms with van der Waals surface area (Å²) in [6, 6.07) is 9.71. The fraction of sp³-hybridized carbons (Fsp3) is 0.300. The van der Waals surface area contributed by atoms with Crippen molar-refractivity contribution in [1.82, 2.24) is 34.6 Å². The molecule has 0 aromatic carbocycles. The SMILES string of the molecule is COC(=O)Nc1ccc(C2CC2c2cc(-c3ccc4nnc(C)n4n3)n(C)n2)cn1. The van der Waals surface area contributed by atoms with Crippen molar-refractivity contribution in [2.45, 2.75) is 25.2 Å². The zero-order valence-electron chi connectivity index (χ0n) is 16.8. The van der Waals surface area contributed by atoms with Gasteiger partial charge in [0.2, 0.25) is 0 Å². The Balaban J connectivity index is 1.35. The molecule has 0 spiro atoms. The van der Waals surface area contributed by atoms with Crippen LogP contribution in [0.5, 0.6) is 0 Å².